The zero-order chi connectivity index (χ0) is 14.5. The molecule has 20 heavy (non-hydrogen) atoms. The molecule has 0 aliphatic rings. The normalized spacial score (nSPS) is 11.2. The van der Waals surface area contributed by atoms with Crippen LogP contribution >= 0.6 is 22.9 Å². The number of halogens is 1. The van der Waals surface area contributed by atoms with Crippen LogP contribution in [0, 0.1) is 0 Å². The van der Waals surface area contributed by atoms with Gasteiger partial charge in [0.2, 0.25) is 0 Å². The summed E-state index contributed by atoms with van der Waals surface area (Å²) >= 11 is 7.50. The van der Waals surface area contributed by atoms with E-state index in [1.165, 1.54) is 4.88 Å². The molecule has 0 aliphatic carbocycles. The van der Waals surface area contributed by atoms with E-state index in [1.54, 1.807) is 24.6 Å². The molecule has 0 spiro atoms. The lowest BCUT2D eigenvalue weighted by Gasteiger charge is -2.07. The minimum atomic E-state index is 0.435. The van der Waals surface area contributed by atoms with Gasteiger partial charge in [0.1, 0.15) is 5.01 Å². The Labute approximate surface area is 128 Å². The van der Waals surface area contributed by atoms with E-state index in [2.05, 4.69) is 29.1 Å². The maximum atomic E-state index is 5.86. The van der Waals surface area contributed by atoms with Crippen molar-refractivity contribution in [2.45, 2.75) is 33.0 Å². The number of aromatic nitrogens is 2. The van der Waals surface area contributed by atoms with Gasteiger partial charge in [-0.25, -0.2) is 4.98 Å². The lowest BCUT2D eigenvalue weighted by molar-refractivity contribution is 0.181. The smallest absolute Gasteiger partial charge is 0.142 e. The molecule has 4 nitrogen and oxygen atoms in total. The van der Waals surface area contributed by atoms with Crippen molar-refractivity contribution in [1.82, 2.24) is 15.3 Å². The van der Waals surface area contributed by atoms with Crippen LogP contribution in [0.5, 0.6) is 0 Å². The predicted molar refractivity (Wildman–Crippen MR) is 83.0 cm³/mol. The molecule has 2 aromatic heterocycles. The molecule has 0 aliphatic heterocycles. The van der Waals surface area contributed by atoms with E-state index in [-0.39, 0.29) is 0 Å². The van der Waals surface area contributed by atoms with Crippen molar-refractivity contribution in [2.75, 3.05) is 7.11 Å². The minimum absolute atomic E-state index is 0.435. The zero-order valence-corrected chi connectivity index (χ0v) is 13.4. The van der Waals surface area contributed by atoms with Crippen LogP contribution in [-0.2, 0) is 17.9 Å². The highest BCUT2D eigenvalue weighted by Crippen LogP contribution is 2.28. The Morgan fingerprint density at radius 3 is 2.80 bits per heavy atom. The van der Waals surface area contributed by atoms with Gasteiger partial charge < -0.3 is 10.1 Å². The number of nitrogens with zero attached hydrogens (tertiary/aromatic N) is 2. The van der Waals surface area contributed by atoms with E-state index >= 15 is 0 Å². The van der Waals surface area contributed by atoms with Crippen LogP contribution in [0.1, 0.15) is 24.4 Å². The molecule has 1 N–H and O–H groups in total. The molecule has 0 radical (unpaired) electrons. The van der Waals surface area contributed by atoms with Gasteiger partial charge in [-0.15, -0.1) is 11.3 Å². The SMILES string of the molecule is COCc1nc(-c2ccc(Cl)cn2)sc1CNC(C)C. The number of hydrogen-bond donors (Lipinski definition) is 1. The van der Waals surface area contributed by atoms with Crippen LogP contribution in [0.3, 0.4) is 0 Å². The fraction of sp³-hybridized carbons (Fsp3) is 0.429. The molecular formula is C14H18ClN3OS. The van der Waals surface area contributed by atoms with Gasteiger partial charge in [-0.2, -0.15) is 0 Å². The first-order valence-corrected chi connectivity index (χ1v) is 7.62. The van der Waals surface area contributed by atoms with Gasteiger partial charge in [0.05, 0.1) is 23.0 Å². The summed E-state index contributed by atoms with van der Waals surface area (Å²) in [5.74, 6) is 0. The van der Waals surface area contributed by atoms with E-state index < -0.39 is 0 Å². The van der Waals surface area contributed by atoms with Crippen LogP contribution in [0.4, 0.5) is 0 Å². The Kier molecular flexibility index (Phi) is 5.48. The van der Waals surface area contributed by atoms with Gasteiger partial charge in [0.15, 0.2) is 0 Å². The first-order chi connectivity index (χ1) is 9.60. The minimum Gasteiger partial charge on any atom is -0.378 e. The molecule has 2 aromatic rings. The second-order valence-electron chi connectivity index (χ2n) is 4.72. The third-order valence-corrected chi connectivity index (χ3v) is 4.02. The van der Waals surface area contributed by atoms with Gasteiger partial charge in [0, 0.05) is 30.8 Å². The first-order valence-electron chi connectivity index (χ1n) is 6.43. The number of methoxy groups -OCH3 is 1. The third kappa shape index (κ3) is 3.99. The Bertz CT molecular complexity index is 554. The number of rotatable bonds is 6. The van der Waals surface area contributed by atoms with Crippen LogP contribution in [-0.4, -0.2) is 23.1 Å². The number of thiazole rings is 1. The summed E-state index contributed by atoms with van der Waals surface area (Å²) in [5.41, 5.74) is 1.81. The lowest BCUT2D eigenvalue weighted by Crippen LogP contribution is -2.21. The van der Waals surface area contributed by atoms with Crippen molar-refractivity contribution < 1.29 is 4.74 Å². The monoisotopic (exact) mass is 311 g/mol. The van der Waals surface area contributed by atoms with Crippen molar-refractivity contribution in [1.29, 1.82) is 0 Å². The first kappa shape index (κ1) is 15.4. The average Bonchev–Trinajstić information content (AvgIpc) is 2.81. The van der Waals surface area contributed by atoms with Gasteiger partial charge in [-0.05, 0) is 12.1 Å². The van der Waals surface area contributed by atoms with Crippen molar-refractivity contribution in [2.24, 2.45) is 0 Å². The Morgan fingerprint density at radius 1 is 1.40 bits per heavy atom. The molecule has 0 saturated heterocycles. The van der Waals surface area contributed by atoms with E-state index in [0.717, 1.165) is 22.9 Å². The van der Waals surface area contributed by atoms with E-state index in [9.17, 15) is 0 Å². The number of nitrogens with one attached hydrogen (secondary N) is 1. The second kappa shape index (κ2) is 7.13. The fourth-order valence-corrected chi connectivity index (χ4v) is 2.78. The molecule has 2 rings (SSSR count). The molecule has 2 heterocycles. The summed E-state index contributed by atoms with van der Waals surface area (Å²) in [7, 11) is 1.68. The molecule has 0 fully saturated rings. The largest absolute Gasteiger partial charge is 0.378 e. The van der Waals surface area contributed by atoms with Crippen molar-refractivity contribution >= 4 is 22.9 Å². The maximum absolute atomic E-state index is 5.86. The van der Waals surface area contributed by atoms with Crippen LogP contribution in [0.2, 0.25) is 5.02 Å². The molecule has 6 heteroatoms. The lowest BCUT2D eigenvalue weighted by atomic mass is 10.3. The summed E-state index contributed by atoms with van der Waals surface area (Å²) in [6, 6.07) is 4.15. The van der Waals surface area contributed by atoms with E-state index in [0.29, 0.717) is 17.7 Å². The molecule has 108 valence electrons. The molecule has 0 amide bonds. The quantitative estimate of drug-likeness (QED) is 0.887. The maximum Gasteiger partial charge on any atom is 0.142 e. The molecule has 0 unspecified atom stereocenters. The summed E-state index contributed by atoms with van der Waals surface area (Å²) in [6.45, 7) is 5.55. The molecule has 0 bridgehead atoms. The van der Waals surface area contributed by atoms with Crippen LogP contribution in [0.15, 0.2) is 18.3 Å². The topological polar surface area (TPSA) is 47.0 Å². The molecule has 0 atom stereocenters. The average molecular weight is 312 g/mol. The highest BCUT2D eigenvalue weighted by atomic mass is 35.5. The predicted octanol–water partition coefficient (Wildman–Crippen LogP) is 3.50. The molecule has 0 saturated carbocycles. The Hall–Kier alpha value is -1.01. The van der Waals surface area contributed by atoms with Crippen molar-refractivity contribution in [3.63, 3.8) is 0 Å². The summed E-state index contributed by atoms with van der Waals surface area (Å²) in [4.78, 5) is 10.1. The zero-order valence-electron chi connectivity index (χ0n) is 11.8. The highest BCUT2D eigenvalue weighted by molar-refractivity contribution is 7.15. The molecule has 0 aromatic carbocycles. The van der Waals surface area contributed by atoms with Crippen LogP contribution in [0.25, 0.3) is 10.7 Å². The number of pyridine rings is 1. The van der Waals surface area contributed by atoms with E-state index in [4.69, 9.17) is 16.3 Å². The van der Waals surface area contributed by atoms with Gasteiger partial charge in [-0.3, -0.25) is 4.98 Å². The second-order valence-corrected chi connectivity index (χ2v) is 6.24. The number of ether oxygens (including phenoxy) is 1. The third-order valence-electron chi connectivity index (χ3n) is 2.68. The Balaban J connectivity index is 2.25. The summed E-state index contributed by atoms with van der Waals surface area (Å²) in [5, 5.41) is 4.93. The molecular weight excluding hydrogens is 294 g/mol. The van der Waals surface area contributed by atoms with Crippen LogP contribution < -0.4 is 5.32 Å². The summed E-state index contributed by atoms with van der Waals surface area (Å²) < 4.78 is 5.22. The standard InChI is InChI=1S/C14H18ClN3OS/c1-9(2)16-7-13-12(8-19-3)18-14(20-13)11-5-4-10(15)6-17-11/h4-6,9,16H,7-8H2,1-3H3. The van der Waals surface area contributed by atoms with Gasteiger partial charge in [0.25, 0.3) is 0 Å². The van der Waals surface area contributed by atoms with E-state index in [1.807, 2.05) is 12.1 Å². The van der Waals surface area contributed by atoms with Gasteiger partial charge in [-0.1, -0.05) is 25.4 Å². The van der Waals surface area contributed by atoms with Gasteiger partial charge >= 0.3 is 0 Å². The highest BCUT2D eigenvalue weighted by Gasteiger charge is 2.13. The number of hydrogen-bond acceptors (Lipinski definition) is 5. The summed E-state index contributed by atoms with van der Waals surface area (Å²) in [6.07, 6.45) is 1.64. The van der Waals surface area contributed by atoms with Crippen molar-refractivity contribution in [3.8, 4) is 10.7 Å². The Morgan fingerprint density at radius 2 is 2.20 bits per heavy atom. The fourth-order valence-electron chi connectivity index (χ4n) is 1.68. The van der Waals surface area contributed by atoms with Crippen molar-refractivity contribution in [3.05, 3.63) is 33.9 Å².